The van der Waals surface area contributed by atoms with Crippen molar-refractivity contribution in [2.75, 3.05) is 0 Å². The van der Waals surface area contributed by atoms with Gasteiger partial charge in [0.15, 0.2) is 0 Å². The van der Waals surface area contributed by atoms with E-state index in [1.165, 1.54) is 11.1 Å². The number of phenolic OH excluding ortho intramolecular Hbond substituents is 1. The van der Waals surface area contributed by atoms with Crippen molar-refractivity contribution in [3.8, 4) is 5.75 Å². The maximum atomic E-state index is 10.8. The predicted octanol–water partition coefficient (Wildman–Crippen LogP) is 7.32. The molecule has 166 valence electrons. The lowest BCUT2D eigenvalue weighted by Crippen LogP contribution is -2.23. The Hall–Kier alpha value is -3.07. The minimum atomic E-state index is -0.407. The standard InChI is InChI=1S/C20H22O.C8H14O2/c1-20(2,3)18-12-8-16(9-13-18)6-4-5-7-17-10-14-19(21)15-11-17;1-6(2)7(9)10-8(3,4)5/h4-15,21H,1-3H3;1H2,2-5H3. The minimum absolute atomic E-state index is 0.195. The van der Waals surface area contributed by atoms with E-state index < -0.39 is 5.60 Å². The Labute approximate surface area is 187 Å². The molecule has 0 atom stereocenters. The van der Waals surface area contributed by atoms with Gasteiger partial charge < -0.3 is 9.84 Å². The topological polar surface area (TPSA) is 46.5 Å². The van der Waals surface area contributed by atoms with Crippen molar-refractivity contribution in [2.24, 2.45) is 0 Å². The lowest BCUT2D eigenvalue weighted by Gasteiger charge is -2.19. The summed E-state index contributed by atoms with van der Waals surface area (Å²) in [6.45, 7) is 17.2. The van der Waals surface area contributed by atoms with E-state index in [1.54, 1.807) is 19.1 Å². The lowest BCUT2D eigenvalue weighted by atomic mass is 9.87. The second kappa shape index (κ2) is 11.4. The largest absolute Gasteiger partial charge is 0.508 e. The fourth-order valence-electron chi connectivity index (χ4n) is 2.38. The summed E-state index contributed by atoms with van der Waals surface area (Å²) in [5.74, 6) is -0.0332. The van der Waals surface area contributed by atoms with Crippen molar-refractivity contribution in [3.05, 3.63) is 89.5 Å². The van der Waals surface area contributed by atoms with Crippen LogP contribution >= 0.6 is 0 Å². The summed E-state index contributed by atoms with van der Waals surface area (Å²) in [6.07, 6.45) is 8.13. The summed E-state index contributed by atoms with van der Waals surface area (Å²) in [5.41, 5.74) is 3.84. The number of hydrogen-bond acceptors (Lipinski definition) is 3. The SMILES string of the molecule is C=C(C)C(=O)OC(C)(C)C.CC(C)(C)c1ccc(C=CC=Cc2ccc(O)cc2)cc1. The molecule has 3 nitrogen and oxygen atoms in total. The van der Waals surface area contributed by atoms with E-state index in [0.717, 1.165) is 5.56 Å². The van der Waals surface area contributed by atoms with Crippen LogP contribution in [0.1, 0.15) is 65.2 Å². The maximum Gasteiger partial charge on any atom is 0.333 e. The number of benzene rings is 2. The Balaban J connectivity index is 0.000000407. The molecule has 0 fully saturated rings. The quantitative estimate of drug-likeness (QED) is 0.320. The number of allylic oxidation sites excluding steroid dienone is 2. The van der Waals surface area contributed by atoms with Crippen molar-refractivity contribution in [2.45, 2.75) is 59.5 Å². The molecule has 0 aliphatic carbocycles. The van der Waals surface area contributed by atoms with E-state index in [4.69, 9.17) is 4.74 Å². The van der Waals surface area contributed by atoms with E-state index in [0.29, 0.717) is 11.3 Å². The summed E-state index contributed by atoms with van der Waals surface area (Å²) in [4.78, 5) is 10.8. The number of carbonyl (C=O) groups excluding carboxylic acids is 1. The van der Waals surface area contributed by atoms with E-state index in [-0.39, 0.29) is 11.4 Å². The molecule has 31 heavy (non-hydrogen) atoms. The number of ether oxygens (including phenoxy) is 1. The highest BCUT2D eigenvalue weighted by Crippen LogP contribution is 2.22. The fraction of sp³-hybridized carbons (Fsp3) is 0.321. The first kappa shape index (κ1) is 26.0. The Bertz CT molecular complexity index is 901. The van der Waals surface area contributed by atoms with Crippen LogP contribution in [0, 0.1) is 0 Å². The summed E-state index contributed by atoms with van der Waals surface area (Å²) >= 11 is 0. The van der Waals surface area contributed by atoms with Crippen molar-refractivity contribution in [3.63, 3.8) is 0 Å². The van der Waals surface area contributed by atoms with Crippen molar-refractivity contribution < 1.29 is 14.6 Å². The van der Waals surface area contributed by atoms with Gasteiger partial charge in [0.25, 0.3) is 0 Å². The molecule has 0 aliphatic heterocycles. The van der Waals surface area contributed by atoms with E-state index >= 15 is 0 Å². The molecule has 0 saturated carbocycles. The molecule has 0 aromatic heterocycles. The molecular formula is C28H36O3. The highest BCUT2D eigenvalue weighted by molar-refractivity contribution is 5.87. The Morgan fingerprint density at radius 2 is 1.26 bits per heavy atom. The third-order valence-electron chi connectivity index (χ3n) is 4.11. The molecule has 0 aliphatic rings. The molecule has 3 heteroatoms. The van der Waals surface area contributed by atoms with Gasteiger partial charge in [0.1, 0.15) is 11.4 Å². The van der Waals surface area contributed by atoms with Gasteiger partial charge >= 0.3 is 5.97 Å². The van der Waals surface area contributed by atoms with Crippen LogP contribution in [0.5, 0.6) is 5.75 Å². The smallest absolute Gasteiger partial charge is 0.333 e. The molecule has 0 radical (unpaired) electrons. The van der Waals surface area contributed by atoms with Gasteiger partial charge in [-0.15, -0.1) is 0 Å². The van der Waals surface area contributed by atoms with Crippen LogP contribution in [0.15, 0.2) is 72.8 Å². The molecule has 0 amide bonds. The molecule has 2 aromatic carbocycles. The van der Waals surface area contributed by atoms with Gasteiger partial charge in [-0.1, -0.05) is 88.1 Å². The summed E-state index contributed by atoms with van der Waals surface area (Å²) in [5, 5.41) is 9.22. The van der Waals surface area contributed by atoms with Gasteiger partial charge in [-0.05, 0) is 61.9 Å². The third-order valence-corrected chi connectivity index (χ3v) is 4.11. The molecule has 0 saturated heterocycles. The van der Waals surface area contributed by atoms with Gasteiger partial charge in [-0.3, -0.25) is 0 Å². The average molecular weight is 421 g/mol. The van der Waals surface area contributed by atoms with Crippen LogP contribution in [-0.2, 0) is 14.9 Å². The molecule has 1 N–H and O–H groups in total. The van der Waals surface area contributed by atoms with E-state index in [1.807, 2.05) is 51.1 Å². The van der Waals surface area contributed by atoms with Crippen LogP contribution in [-0.4, -0.2) is 16.7 Å². The van der Waals surface area contributed by atoms with Crippen LogP contribution in [0.25, 0.3) is 12.2 Å². The second-order valence-electron chi connectivity index (χ2n) is 9.46. The zero-order valence-corrected chi connectivity index (χ0v) is 19.9. The number of hydrogen-bond donors (Lipinski definition) is 1. The monoisotopic (exact) mass is 420 g/mol. The van der Waals surface area contributed by atoms with Gasteiger partial charge in [-0.2, -0.15) is 0 Å². The Morgan fingerprint density at radius 3 is 1.58 bits per heavy atom. The van der Waals surface area contributed by atoms with Crippen LogP contribution in [0.2, 0.25) is 0 Å². The fourth-order valence-corrected chi connectivity index (χ4v) is 2.38. The third kappa shape index (κ3) is 11.0. The van der Waals surface area contributed by atoms with Gasteiger partial charge in [0, 0.05) is 5.57 Å². The van der Waals surface area contributed by atoms with Gasteiger partial charge in [-0.25, -0.2) is 4.79 Å². The average Bonchev–Trinajstić information content (AvgIpc) is 2.65. The van der Waals surface area contributed by atoms with Crippen molar-refractivity contribution in [1.29, 1.82) is 0 Å². The number of carbonyl (C=O) groups is 1. The maximum absolute atomic E-state index is 10.8. The first-order chi connectivity index (χ1) is 14.3. The highest BCUT2D eigenvalue weighted by atomic mass is 16.6. The predicted molar refractivity (Wildman–Crippen MR) is 132 cm³/mol. The van der Waals surface area contributed by atoms with Crippen molar-refractivity contribution in [1.82, 2.24) is 0 Å². The second-order valence-corrected chi connectivity index (χ2v) is 9.46. The van der Waals surface area contributed by atoms with Crippen LogP contribution in [0.3, 0.4) is 0 Å². The molecule has 2 aromatic rings. The normalized spacial score (nSPS) is 11.8. The zero-order chi connectivity index (χ0) is 23.7. The first-order valence-electron chi connectivity index (χ1n) is 10.4. The van der Waals surface area contributed by atoms with Gasteiger partial charge in [0.05, 0.1) is 0 Å². The number of aromatic hydroxyl groups is 1. The number of esters is 1. The molecule has 0 spiro atoms. The lowest BCUT2D eigenvalue weighted by molar-refractivity contribution is -0.149. The van der Waals surface area contributed by atoms with Gasteiger partial charge in [0.2, 0.25) is 0 Å². The van der Waals surface area contributed by atoms with Crippen LogP contribution in [0.4, 0.5) is 0 Å². The van der Waals surface area contributed by atoms with E-state index in [2.05, 4.69) is 57.7 Å². The van der Waals surface area contributed by atoms with E-state index in [9.17, 15) is 9.90 Å². The Morgan fingerprint density at radius 1 is 0.839 bits per heavy atom. The number of rotatable bonds is 4. The molecular weight excluding hydrogens is 384 g/mol. The van der Waals surface area contributed by atoms with Crippen molar-refractivity contribution >= 4 is 18.1 Å². The summed E-state index contributed by atoms with van der Waals surface area (Å²) in [7, 11) is 0. The molecule has 2 rings (SSSR count). The summed E-state index contributed by atoms with van der Waals surface area (Å²) in [6, 6.07) is 15.8. The first-order valence-corrected chi connectivity index (χ1v) is 10.4. The summed E-state index contributed by atoms with van der Waals surface area (Å²) < 4.78 is 4.96. The molecule has 0 bridgehead atoms. The number of phenols is 1. The molecule has 0 unspecified atom stereocenters. The highest BCUT2D eigenvalue weighted by Gasteiger charge is 2.16. The Kier molecular flexibility index (Phi) is 9.51. The minimum Gasteiger partial charge on any atom is -0.508 e. The van der Waals surface area contributed by atoms with Crippen LogP contribution < -0.4 is 0 Å². The zero-order valence-electron chi connectivity index (χ0n) is 19.9. The molecule has 0 heterocycles.